The van der Waals surface area contributed by atoms with Gasteiger partial charge in [-0.3, -0.25) is 4.79 Å². The molecule has 7 nitrogen and oxygen atoms in total. The van der Waals surface area contributed by atoms with Crippen LogP contribution in [-0.2, 0) is 17.0 Å². The van der Waals surface area contributed by atoms with Crippen molar-refractivity contribution in [1.29, 1.82) is 0 Å². The van der Waals surface area contributed by atoms with E-state index in [1.807, 2.05) is 24.3 Å². The number of rotatable bonds is 10. The Kier molecular flexibility index (Phi) is 7.26. The van der Waals surface area contributed by atoms with Crippen LogP contribution in [0.25, 0.3) is 0 Å². The summed E-state index contributed by atoms with van der Waals surface area (Å²) in [6, 6.07) is 11.2. The maximum atomic E-state index is 12.3. The van der Waals surface area contributed by atoms with Crippen molar-refractivity contribution in [3.05, 3.63) is 59.5 Å². The van der Waals surface area contributed by atoms with Crippen LogP contribution in [0, 0.1) is 0 Å². The molecule has 1 aromatic carbocycles. The Balaban J connectivity index is 1.50. The van der Waals surface area contributed by atoms with E-state index in [0.717, 1.165) is 20.8 Å². The molecule has 0 saturated heterocycles. The number of hydrogen-bond acceptors (Lipinski definition) is 8. The van der Waals surface area contributed by atoms with E-state index >= 15 is 0 Å². The van der Waals surface area contributed by atoms with Gasteiger partial charge in [-0.1, -0.05) is 35.2 Å². The number of thioether (sulfide) groups is 1. The van der Waals surface area contributed by atoms with Gasteiger partial charge in [0.05, 0.1) is 19.4 Å². The highest BCUT2D eigenvalue weighted by Gasteiger charge is 2.09. The second-order valence-electron chi connectivity index (χ2n) is 5.54. The predicted octanol–water partition coefficient (Wildman–Crippen LogP) is 3.41. The van der Waals surface area contributed by atoms with Crippen molar-refractivity contribution in [2.45, 2.75) is 16.6 Å². The summed E-state index contributed by atoms with van der Waals surface area (Å²) >= 11 is 3.10. The minimum absolute atomic E-state index is 0.126. The van der Waals surface area contributed by atoms with Gasteiger partial charge >= 0.3 is 0 Å². The normalized spacial score (nSPS) is 10.7. The van der Waals surface area contributed by atoms with Gasteiger partial charge in [-0.25, -0.2) is 0 Å². The van der Waals surface area contributed by atoms with E-state index in [2.05, 4.69) is 20.8 Å². The molecule has 0 unspecified atom stereocenters. The summed E-state index contributed by atoms with van der Waals surface area (Å²) in [7, 11) is 1.66. The summed E-state index contributed by atoms with van der Waals surface area (Å²) in [5, 5.41) is 15.1. The van der Waals surface area contributed by atoms with E-state index in [-0.39, 0.29) is 5.91 Å². The Morgan fingerprint density at radius 3 is 3.04 bits per heavy atom. The van der Waals surface area contributed by atoms with E-state index in [9.17, 15) is 4.79 Å². The highest BCUT2D eigenvalue weighted by molar-refractivity contribution is 8.00. The van der Waals surface area contributed by atoms with Crippen LogP contribution in [0.1, 0.15) is 21.7 Å². The fraction of sp³-hybridized carbons (Fsp3) is 0.278. The third-order valence-corrected chi connectivity index (χ3v) is 5.63. The van der Waals surface area contributed by atoms with Crippen molar-refractivity contribution in [3.63, 3.8) is 0 Å². The Labute approximate surface area is 165 Å². The topological polar surface area (TPSA) is 89.3 Å². The van der Waals surface area contributed by atoms with Crippen molar-refractivity contribution < 1.29 is 13.9 Å². The first-order valence-electron chi connectivity index (χ1n) is 8.33. The molecule has 2 N–H and O–H groups in total. The van der Waals surface area contributed by atoms with Crippen LogP contribution in [-0.4, -0.2) is 36.4 Å². The molecule has 9 heteroatoms. The largest absolute Gasteiger partial charge is 0.467 e. The summed E-state index contributed by atoms with van der Waals surface area (Å²) in [4.78, 5) is 12.3. The number of carbonyl (C=O) groups is 1. The fourth-order valence-corrected chi connectivity index (χ4v) is 3.95. The summed E-state index contributed by atoms with van der Waals surface area (Å²) < 4.78 is 11.1. The van der Waals surface area contributed by atoms with Gasteiger partial charge in [0.2, 0.25) is 5.13 Å². The lowest BCUT2D eigenvalue weighted by molar-refractivity contribution is 0.0948. The molecule has 0 radical (unpaired) electrons. The maximum Gasteiger partial charge on any atom is 0.251 e. The molecule has 2 heterocycles. The zero-order chi connectivity index (χ0) is 18.9. The number of furan rings is 1. The number of benzene rings is 1. The number of nitrogens with one attached hydrogen (secondary N) is 2. The molecule has 3 rings (SSSR count). The molecule has 0 aliphatic carbocycles. The van der Waals surface area contributed by atoms with E-state index in [4.69, 9.17) is 9.15 Å². The molecule has 0 spiro atoms. The van der Waals surface area contributed by atoms with E-state index in [1.165, 1.54) is 11.3 Å². The molecule has 3 aromatic rings. The summed E-state index contributed by atoms with van der Waals surface area (Å²) in [5.41, 5.74) is 1.67. The zero-order valence-corrected chi connectivity index (χ0v) is 16.4. The lowest BCUT2D eigenvalue weighted by atomic mass is 10.1. The SMILES string of the molecule is COCCNc1nnc(SCc2cccc(C(=O)NCc3ccco3)c2)s1. The van der Waals surface area contributed by atoms with Crippen molar-refractivity contribution in [2.75, 3.05) is 25.6 Å². The molecule has 0 fully saturated rings. The summed E-state index contributed by atoms with van der Waals surface area (Å²) in [5.74, 6) is 1.31. The van der Waals surface area contributed by atoms with Crippen LogP contribution in [0.5, 0.6) is 0 Å². The van der Waals surface area contributed by atoms with Crippen LogP contribution in [0.4, 0.5) is 5.13 Å². The van der Waals surface area contributed by atoms with Gasteiger partial charge in [0, 0.05) is 25.0 Å². The minimum atomic E-state index is -0.126. The number of anilines is 1. The Morgan fingerprint density at radius 1 is 1.30 bits per heavy atom. The molecule has 0 aliphatic heterocycles. The molecule has 0 atom stereocenters. The van der Waals surface area contributed by atoms with Crippen molar-refractivity contribution in [2.24, 2.45) is 0 Å². The molecule has 1 amide bonds. The van der Waals surface area contributed by atoms with Crippen LogP contribution in [0.3, 0.4) is 0 Å². The second kappa shape index (κ2) is 10.1. The monoisotopic (exact) mass is 404 g/mol. The molecule has 27 heavy (non-hydrogen) atoms. The first kappa shape index (κ1) is 19.4. The molecule has 142 valence electrons. The Bertz CT molecular complexity index is 852. The van der Waals surface area contributed by atoms with E-state index < -0.39 is 0 Å². The third-order valence-electron chi connectivity index (χ3n) is 3.54. The van der Waals surface area contributed by atoms with Gasteiger partial charge in [-0.15, -0.1) is 10.2 Å². The number of ether oxygens (including phenoxy) is 1. The number of aromatic nitrogens is 2. The van der Waals surface area contributed by atoms with Crippen molar-refractivity contribution in [1.82, 2.24) is 15.5 Å². The quantitative estimate of drug-likeness (QED) is 0.395. The fourth-order valence-electron chi connectivity index (χ4n) is 2.23. The van der Waals surface area contributed by atoms with Gasteiger partial charge in [-0.2, -0.15) is 0 Å². The van der Waals surface area contributed by atoms with Gasteiger partial charge < -0.3 is 19.8 Å². The third kappa shape index (κ3) is 6.09. The predicted molar refractivity (Wildman–Crippen MR) is 106 cm³/mol. The first-order chi connectivity index (χ1) is 13.2. The lowest BCUT2D eigenvalue weighted by Crippen LogP contribution is -2.22. The molecule has 0 saturated carbocycles. The summed E-state index contributed by atoms with van der Waals surface area (Å²) in [6.45, 7) is 1.69. The summed E-state index contributed by atoms with van der Waals surface area (Å²) in [6.07, 6.45) is 1.59. The zero-order valence-electron chi connectivity index (χ0n) is 14.8. The van der Waals surface area contributed by atoms with E-state index in [0.29, 0.717) is 31.0 Å². The number of methoxy groups -OCH3 is 1. The Morgan fingerprint density at radius 2 is 2.22 bits per heavy atom. The highest BCUT2D eigenvalue weighted by atomic mass is 32.2. The molecule has 2 aromatic heterocycles. The van der Waals surface area contributed by atoms with Crippen LogP contribution < -0.4 is 10.6 Å². The second-order valence-corrected chi connectivity index (χ2v) is 7.74. The van der Waals surface area contributed by atoms with Crippen LogP contribution in [0.15, 0.2) is 51.4 Å². The standard InChI is InChI=1S/C18H20N4O3S2/c1-24-9-7-19-17-21-22-18(27-17)26-12-13-4-2-5-14(10-13)16(23)20-11-15-6-3-8-25-15/h2-6,8,10H,7,9,11-12H2,1H3,(H,19,21)(H,20,23). The van der Waals surface area contributed by atoms with Gasteiger partial charge in [0.15, 0.2) is 4.34 Å². The van der Waals surface area contributed by atoms with E-state index in [1.54, 1.807) is 37.3 Å². The Hall–Kier alpha value is -2.36. The minimum Gasteiger partial charge on any atom is -0.467 e. The first-order valence-corrected chi connectivity index (χ1v) is 10.1. The molecule has 0 aliphatic rings. The number of carbonyl (C=O) groups excluding carboxylic acids is 1. The van der Waals surface area contributed by atoms with Crippen molar-refractivity contribution >= 4 is 34.1 Å². The number of nitrogens with zero attached hydrogens (tertiary/aromatic N) is 2. The van der Waals surface area contributed by atoms with Gasteiger partial charge in [0.25, 0.3) is 5.91 Å². The smallest absolute Gasteiger partial charge is 0.251 e. The molecule has 0 bridgehead atoms. The molecular formula is C18H20N4O3S2. The van der Waals surface area contributed by atoms with Gasteiger partial charge in [-0.05, 0) is 29.8 Å². The average molecular weight is 405 g/mol. The van der Waals surface area contributed by atoms with Gasteiger partial charge in [0.1, 0.15) is 5.76 Å². The highest BCUT2D eigenvalue weighted by Crippen LogP contribution is 2.28. The van der Waals surface area contributed by atoms with Crippen LogP contribution >= 0.6 is 23.1 Å². The maximum absolute atomic E-state index is 12.3. The van der Waals surface area contributed by atoms with Crippen molar-refractivity contribution in [3.8, 4) is 0 Å². The molecular weight excluding hydrogens is 384 g/mol. The van der Waals surface area contributed by atoms with Crippen LogP contribution in [0.2, 0.25) is 0 Å². The average Bonchev–Trinajstić information content (AvgIpc) is 3.37. The lowest BCUT2D eigenvalue weighted by Gasteiger charge is -2.05. The number of hydrogen-bond donors (Lipinski definition) is 2. The number of amides is 1.